The summed E-state index contributed by atoms with van der Waals surface area (Å²) in [6, 6.07) is 8.84. The van der Waals surface area contributed by atoms with E-state index in [9.17, 15) is 0 Å². The number of aryl methyl sites for hydroxylation is 1. The van der Waals surface area contributed by atoms with Gasteiger partial charge in [-0.25, -0.2) is 0 Å². The molecule has 2 heterocycles. The van der Waals surface area contributed by atoms with E-state index in [1.165, 1.54) is 23.0 Å². The van der Waals surface area contributed by atoms with E-state index in [4.69, 9.17) is 10.8 Å². The van der Waals surface area contributed by atoms with Crippen LogP contribution >= 0.6 is 0 Å². The summed E-state index contributed by atoms with van der Waals surface area (Å²) >= 11 is 0. The number of likely N-dealkylation sites (tertiary alicyclic amines) is 1. The van der Waals surface area contributed by atoms with E-state index in [0.717, 1.165) is 26.1 Å². The van der Waals surface area contributed by atoms with Crippen molar-refractivity contribution in [3.63, 3.8) is 0 Å². The molecule has 108 valence electrons. The molecule has 0 amide bonds. The fourth-order valence-corrected chi connectivity index (χ4v) is 3.32. The molecule has 2 atom stereocenters. The highest BCUT2D eigenvalue weighted by atomic mass is 15.3. The summed E-state index contributed by atoms with van der Waals surface area (Å²) in [5.74, 6) is 0.624. The molecule has 4 heteroatoms. The number of nitrogens with zero attached hydrogens (tertiary/aromatic N) is 3. The molecule has 1 fully saturated rings. The number of aromatic nitrogens is 2. The summed E-state index contributed by atoms with van der Waals surface area (Å²) in [5, 5.41) is 5.97. The largest absolute Gasteiger partial charge is 0.327 e. The lowest BCUT2D eigenvalue weighted by atomic mass is 9.90. The van der Waals surface area contributed by atoms with Crippen molar-refractivity contribution in [2.75, 3.05) is 13.1 Å². The fourth-order valence-electron chi connectivity index (χ4n) is 3.32. The van der Waals surface area contributed by atoms with Crippen molar-refractivity contribution in [1.82, 2.24) is 14.7 Å². The van der Waals surface area contributed by atoms with Gasteiger partial charge in [-0.05, 0) is 18.4 Å². The lowest BCUT2D eigenvalue weighted by Gasteiger charge is -2.36. The first kappa shape index (κ1) is 13.6. The first-order valence-corrected chi connectivity index (χ1v) is 7.57. The number of hydrogen-bond donors (Lipinski definition) is 1. The molecule has 1 aromatic heterocycles. The van der Waals surface area contributed by atoms with Crippen molar-refractivity contribution < 1.29 is 0 Å². The highest BCUT2D eigenvalue weighted by Crippen LogP contribution is 2.23. The van der Waals surface area contributed by atoms with Crippen LogP contribution in [-0.2, 0) is 13.6 Å². The Morgan fingerprint density at radius 2 is 2.15 bits per heavy atom. The molecule has 1 aliphatic rings. The van der Waals surface area contributed by atoms with Crippen LogP contribution in [0.3, 0.4) is 0 Å². The average molecular weight is 272 g/mol. The van der Waals surface area contributed by atoms with E-state index >= 15 is 0 Å². The van der Waals surface area contributed by atoms with E-state index in [1.54, 1.807) is 0 Å². The van der Waals surface area contributed by atoms with Gasteiger partial charge in [0.25, 0.3) is 0 Å². The summed E-state index contributed by atoms with van der Waals surface area (Å²) in [7, 11) is 2.02. The number of hydrogen-bond acceptors (Lipinski definition) is 3. The molecule has 2 aromatic rings. The minimum atomic E-state index is 0.372. The summed E-state index contributed by atoms with van der Waals surface area (Å²) in [4.78, 5) is 2.51. The minimum absolute atomic E-state index is 0.372. The molecule has 0 aliphatic carbocycles. The van der Waals surface area contributed by atoms with Gasteiger partial charge in [-0.15, -0.1) is 0 Å². The Labute approximate surface area is 120 Å². The standard InChI is InChI=1S/C16H24N4/c1-3-12-10-20(9-8-14(12)17)11-15-13-6-4-5-7-16(13)19(2)18-15/h4-7,12,14H,3,8-11,17H2,1-2H3. The van der Waals surface area contributed by atoms with E-state index in [-0.39, 0.29) is 0 Å². The van der Waals surface area contributed by atoms with Gasteiger partial charge in [-0.2, -0.15) is 5.10 Å². The molecule has 20 heavy (non-hydrogen) atoms. The van der Waals surface area contributed by atoms with Crippen LogP contribution in [0.25, 0.3) is 10.9 Å². The minimum Gasteiger partial charge on any atom is -0.327 e. The van der Waals surface area contributed by atoms with Crippen LogP contribution in [0.5, 0.6) is 0 Å². The van der Waals surface area contributed by atoms with E-state index in [2.05, 4.69) is 36.1 Å². The van der Waals surface area contributed by atoms with Crippen LogP contribution < -0.4 is 5.73 Å². The van der Waals surface area contributed by atoms with Gasteiger partial charge in [0.2, 0.25) is 0 Å². The van der Waals surface area contributed by atoms with Gasteiger partial charge in [-0.3, -0.25) is 9.58 Å². The topological polar surface area (TPSA) is 47.1 Å². The molecular weight excluding hydrogens is 248 g/mol. The SMILES string of the molecule is CCC1CN(Cc2nn(C)c3ccccc23)CCC1N. The molecule has 1 aliphatic heterocycles. The first-order chi connectivity index (χ1) is 9.69. The molecule has 1 saturated heterocycles. The molecule has 2 N–H and O–H groups in total. The molecule has 0 radical (unpaired) electrons. The highest BCUT2D eigenvalue weighted by molar-refractivity contribution is 5.81. The van der Waals surface area contributed by atoms with Gasteiger partial charge >= 0.3 is 0 Å². The Morgan fingerprint density at radius 1 is 1.35 bits per heavy atom. The zero-order valence-corrected chi connectivity index (χ0v) is 12.4. The fraction of sp³-hybridized carbons (Fsp3) is 0.562. The number of nitrogens with two attached hydrogens (primary N) is 1. The van der Waals surface area contributed by atoms with Crippen LogP contribution in [0, 0.1) is 5.92 Å². The molecule has 4 nitrogen and oxygen atoms in total. The second kappa shape index (κ2) is 5.54. The zero-order chi connectivity index (χ0) is 14.1. The number of rotatable bonds is 3. The predicted octanol–water partition coefficient (Wildman–Crippen LogP) is 2.13. The third-order valence-corrected chi connectivity index (χ3v) is 4.61. The second-order valence-electron chi connectivity index (χ2n) is 5.94. The molecule has 0 spiro atoms. The quantitative estimate of drug-likeness (QED) is 0.931. The molecule has 0 saturated carbocycles. The van der Waals surface area contributed by atoms with Gasteiger partial charge in [-0.1, -0.05) is 31.5 Å². The molecule has 3 rings (SSSR count). The van der Waals surface area contributed by atoms with E-state index < -0.39 is 0 Å². The number of benzene rings is 1. The maximum atomic E-state index is 6.19. The average Bonchev–Trinajstić information content (AvgIpc) is 2.78. The van der Waals surface area contributed by atoms with Crippen molar-refractivity contribution in [3.05, 3.63) is 30.0 Å². The molecule has 1 aromatic carbocycles. The van der Waals surface area contributed by atoms with Crippen molar-refractivity contribution in [2.45, 2.75) is 32.4 Å². The smallest absolute Gasteiger partial charge is 0.0843 e. The lowest BCUT2D eigenvalue weighted by molar-refractivity contribution is 0.144. The monoisotopic (exact) mass is 272 g/mol. The van der Waals surface area contributed by atoms with Gasteiger partial charge in [0.15, 0.2) is 0 Å². The van der Waals surface area contributed by atoms with Crippen molar-refractivity contribution in [2.24, 2.45) is 18.7 Å². The van der Waals surface area contributed by atoms with Gasteiger partial charge in [0.05, 0.1) is 11.2 Å². The lowest BCUT2D eigenvalue weighted by Crippen LogP contribution is -2.46. The summed E-state index contributed by atoms with van der Waals surface area (Å²) in [6.07, 6.45) is 2.27. The summed E-state index contributed by atoms with van der Waals surface area (Å²) in [6.45, 7) is 5.36. The number of para-hydroxylation sites is 1. The van der Waals surface area contributed by atoms with Crippen molar-refractivity contribution >= 4 is 10.9 Å². The van der Waals surface area contributed by atoms with Gasteiger partial charge in [0.1, 0.15) is 0 Å². The zero-order valence-electron chi connectivity index (χ0n) is 12.4. The van der Waals surface area contributed by atoms with Crippen molar-refractivity contribution in [3.8, 4) is 0 Å². The van der Waals surface area contributed by atoms with Crippen LogP contribution in [0.2, 0.25) is 0 Å². The molecule has 2 unspecified atom stereocenters. The third-order valence-electron chi connectivity index (χ3n) is 4.61. The first-order valence-electron chi connectivity index (χ1n) is 7.57. The summed E-state index contributed by atoms with van der Waals surface area (Å²) in [5.41, 5.74) is 8.59. The Bertz CT molecular complexity index is 589. The third kappa shape index (κ3) is 2.45. The number of piperidine rings is 1. The predicted molar refractivity (Wildman–Crippen MR) is 82.4 cm³/mol. The Balaban J connectivity index is 1.80. The highest BCUT2D eigenvalue weighted by Gasteiger charge is 2.26. The van der Waals surface area contributed by atoms with Gasteiger partial charge in [0, 0.05) is 38.1 Å². The normalized spacial score (nSPS) is 24.4. The maximum absolute atomic E-state index is 6.19. The Morgan fingerprint density at radius 3 is 2.95 bits per heavy atom. The maximum Gasteiger partial charge on any atom is 0.0843 e. The van der Waals surface area contributed by atoms with Gasteiger partial charge < -0.3 is 5.73 Å². The van der Waals surface area contributed by atoms with Crippen LogP contribution in [0.1, 0.15) is 25.5 Å². The van der Waals surface area contributed by atoms with Crippen LogP contribution in [0.4, 0.5) is 0 Å². The van der Waals surface area contributed by atoms with Crippen molar-refractivity contribution in [1.29, 1.82) is 0 Å². The summed E-state index contributed by atoms with van der Waals surface area (Å²) < 4.78 is 1.98. The second-order valence-corrected chi connectivity index (χ2v) is 5.94. The Kier molecular flexibility index (Phi) is 3.76. The molecule has 0 bridgehead atoms. The Hall–Kier alpha value is -1.39. The van der Waals surface area contributed by atoms with Crippen LogP contribution in [-0.4, -0.2) is 33.8 Å². The molecular formula is C16H24N4. The van der Waals surface area contributed by atoms with E-state index in [0.29, 0.717) is 12.0 Å². The van der Waals surface area contributed by atoms with Crippen LogP contribution in [0.15, 0.2) is 24.3 Å². The number of fused-ring (bicyclic) bond motifs is 1. The van der Waals surface area contributed by atoms with E-state index in [1.807, 2.05) is 11.7 Å².